The molecule has 0 aromatic carbocycles. The van der Waals surface area contributed by atoms with Gasteiger partial charge in [0.05, 0.1) is 6.54 Å². The Hall–Kier alpha value is -1.62. The third-order valence-corrected chi connectivity index (χ3v) is 3.07. The van der Waals surface area contributed by atoms with Crippen LogP contribution in [-0.2, 0) is 11.3 Å². The van der Waals surface area contributed by atoms with Crippen molar-refractivity contribution in [3.8, 4) is 0 Å². The second-order valence-corrected chi connectivity index (χ2v) is 5.32. The van der Waals surface area contributed by atoms with Gasteiger partial charge in [0.2, 0.25) is 5.91 Å². The molecule has 0 saturated carbocycles. The number of nitrogens with one attached hydrogen (secondary N) is 1. The highest BCUT2D eigenvalue weighted by molar-refractivity contribution is 5.80. The molecule has 0 bridgehead atoms. The smallest absolute Gasteiger partial charge is 0.241 e. The molecule has 0 aliphatic heterocycles. The number of nitrogens with zero attached hydrogens (tertiary/aromatic N) is 3. The summed E-state index contributed by atoms with van der Waals surface area (Å²) in [7, 11) is 3.55. The van der Waals surface area contributed by atoms with Crippen molar-refractivity contribution in [1.82, 2.24) is 15.2 Å². The molecule has 5 nitrogen and oxygen atoms in total. The SMILES string of the molecule is CCN(CC(=O)N(C)C)c1ncccc1CNC(C)C. The highest BCUT2D eigenvalue weighted by Crippen LogP contribution is 2.17. The van der Waals surface area contributed by atoms with Crippen LogP contribution in [0.25, 0.3) is 0 Å². The number of aromatic nitrogens is 1. The van der Waals surface area contributed by atoms with E-state index >= 15 is 0 Å². The lowest BCUT2D eigenvalue weighted by Gasteiger charge is -2.25. The van der Waals surface area contributed by atoms with Crippen LogP contribution in [0.3, 0.4) is 0 Å². The molecule has 1 heterocycles. The predicted molar refractivity (Wildman–Crippen MR) is 82.8 cm³/mol. The number of carbonyl (C=O) groups excluding carboxylic acids is 1. The zero-order valence-electron chi connectivity index (χ0n) is 13.2. The van der Waals surface area contributed by atoms with Crippen LogP contribution in [0, 0.1) is 0 Å². The van der Waals surface area contributed by atoms with Gasteiger partial charge in [-0.25, -0.2) is 4.98 Å². The first-order chi connectivity index (χ1) is 9.45. The first-order valence-electron chi connectivity index (χ1n) is 7.08. The molecule has 0 spiro atoms. The lowest BCUT2D eigenvalue weighted by molar-refractivity contribution is -0.127. The van der Waals surface area contributed by atoms with Crippen LogP contribution in [0.4, 0.5) is 5.82 Å². The largest absolute Gasteiger partial charge is 0.347 e. The van der Waals surface area contributed by atoms with Gasteiger partial charge in [-0.2, -0.15) is 0 Å². The van der Waals surface area contributed by atoms with E-state index < -0.39 is 0 Å². The van der Waals surface area contributed by atoms with Crippen LogP contribution in [-0.4, -0.2) is 49.0 Å². The van der Waals surface area contributed by atoms with E-state index in [0.717, 1.165) is 24.5 Å². The maximum absolute atomic E-state index is 11.9. The Morgan fingerprint density at radius 2 is 2.10 bits per heavy atom. The van der Waals surface area contributed by atoms with Gasteiger partial charge in [-0.05, 0) is 13.0 Å². The quantitative estimate of drug-likeness (QED) is 0.821. The van der Waals surface area contributed by atoms with E-state index in [1.807, 2.05) is 17.9 Å². The van der Waals surface area contributed by atoms with Gasteiger partial charge in [-0.1, -0.05) is 19.9 Å². The molecule has 0 unspecified atom stereocenters. The normalized spacial score (nSPS) is 10.7. The molecule has 112 valence electrons. The van der Waals surface area contributed by atoms with Crippen LogP contribution in [0.15, 0.2) is 18.3 Å². The van der Waals surface area contributed by atoms with Crippen molar-refractivity contribution in [1.29, 1.82) is 0 Å². The van der Waals surface area contributed by atoms with Crippen molar-refractivity contribution in [2.75, 3.05) is 32.1 Å². The fourth-order valence-electron chi connectivity index (χ4n) is 1.81. The van der Waals surface area contributed by atoms with Gasteiger partial charge < -0.3 is 15.1 Å². The molecule has 1 N–H and O–H groups in total. The Labute approximate surface area is 122 Å². The number of rotatable bonds is 7. The number of hydrogen-bond donors (Lipinski definition) is 1. The molecule has 1 aromatic heterocycles. The Bertz CT molecular complexity index is 432. The number of pyridine rings is 1. The molecule has 1 aromatic rings. The van der Waals surface area contributed by atoms with Crippen molar-refractivity contribution in [2.24, 2.45) is 0 Å². The summed E-state index contributed by atoms with van der Waals surface area (Å²) in [6.07, 6.45) is 1.77. The summed E-state index contributed by atoms with van der Waals surface area (Å²) in [4.78, 5) is 20.0. The van der Waals surface area contributed by atoms with E-state index in [1.165, 1.54) is 0 Å². The summed E-state index contributed by atoms with van der Waals surface area (Å²) < 4.78 is 0. The Kier molecular flexibility index (Phi) is 6.45. The van der Waals surface area contributed by atoms with Gasteiger partial charge in [-0.3, -0.25) is 4.79 Å². The molecule has 0 aliphatic rings. The molecular weight excluding hydrogens is 252 g/mol. The van der Waals surface area contributed by atoms with Crippen LogP contribution < -0.4 is 10.2 Å². The summed E-state index contributed by atoms with van der Waals surface area (Å²) in [5, 5.41) is 3.40. The first-order valence-corrected chi connectivity index (χ1v) is 7.08. The van der Waals surface area contributed by atoms with E-state index in [9.17, 15) is 4.79 Å². The fraction of sp³-hybridized carbons (Fsp3) is 0.600. The molecule has 0 fully saturated rings. The lowest BCUT2D eigenvalue weighted by atomic mass is 10.2. The second-order valence-electron chi connectivity index (χ2n) is 5.32. The van der Waals surface area contributed by atoms with E-state index in [2.05, 4.69) is 30.2 Å². The average Bonchev–Trinajstić information content (AvgIpc) is 2.42. The minimum Gasteiger partial charge on any atom is -0.347 e. The highest BCUT2D eigenvalue weighted by atomic mass is 16.2. The number of carbonyl (C=O) groups is 1. The van der Waals surface area contributed by atoms with Crippen LogP contribution in [0.5, 0.6) is 0 Å². The van der Waals surface area contributed by atoms with Crippen molar-refractivity contribution >= 4 is 11.7 Å². The van der Waals surface area contributed by atoms with Gasteiger partial charge in [0.25, 0.3) is 0 Å². The summed E-state index contributed by atoms with van der Waals surface area (Å²) in [5.41, 5.74) is 1.12. The minimum absolute atomic E-state index is 0.0836. The molecular formula is C15H26N4O. The van der Waals surface area contributed by atoms with Crippen LogP contribution >= 0.6 is 0 Å². The van der Waals surface area contributed by atoms with Crippen LogP contribution in [0.1, 0.15) is 26.3 Å². The number of likely N-dealkylation sites (N-methyl/N-ethyl adjacent to an activating group) is 2. The molecule has 20 heavy (non-hydrogen) atoms. The maximum atomic E-state index is 11.9. The van der Waals surface area contributed by atoms with Gasteiger partial charge >= 0.3 is 0 Å². The van der Waals surface area contributed by atoms with Crippen molar-refractivity contribution < 1.29 is 4.79 Å². The van der Waals surface area contributed by atoms with E-state index in [4.69, 9.17) is 0 Å². The standard InChI is InChI=1S/C15H26N4O/c1-6-19(11-14(20)18(4)5)15-13(8-7-9-16-15)10-17-12(2)3/h7-9,12,17H,6,10-11H2,1-5H3. The topological polar surface area (TPSA) is 48.5 Å². The lowest BCUT2D eigenvalue weighted by Crippen LogP contribution is -2.37. The highest BCUT2D eigenvalue weighted by Gasteiger charge is 2.15. The molecule has 1 rings (SSSR count). The number of amides is 1. The third-order valence-electron chi connectivity index (χ3n) is 3.07. The van der Waals surface area contributed by atoms with E-state index in [-0.39, 0.29) is 5.91 Å². The maximum Gasteiger partial charge on any atom is 0.241 e. The Balaban J connectivity index is 2.88. The zero-order valence-corrected chi connectivity index (χ0v) is 13.2. The predicted octanol–water partition coefficient (Wildman–Crippen LogP) is 1.49. The molecule has 0 radical (unpaired) electrons. The average molecular weight is 278 g/mol. The number of anilines is 1. The summed E-state index contributed by atoms with van der Waals surface area (Å²) in [5.74, 6) is 0.971. The molecule has 0 saturated heterocycles. The van der Waals surface area contributed by atoms with Crippen LogP contribution in [0.2, 0.25) is 0 Å². The Morgan fingerprint density at radius 3 is 2.65 bits per heavy atom. The summed E-state index contributed by atoms with van der Waals surface area (Å²) in [6.45, 7) is 8.14. The first kappa shape index (κ1) is 16.4. The van der Waals surface area contributed by atoms with E-state index in [0.29, 0.717) is 12.6 Å². The minimum atomic E-state index is 0.0836. The fourth-order valence-corrected chi connectivity index (χ4v) is 1.81. The molecule has 1 amide bonds. The van der Waals surface area contributed by atoms with Gasteiger partial charge in [-0.15, -0.1) is 0 Å². The van der Waals surface area contributed by atoms with Gasteiger partial charge in [0, 0.05) is 45.0 Å². The summed E-state index contributed by atoms with van der Waals surface area (Å²) >= 11 is 0. The molecule has 5 heteroatoms. The van der Waals surface area contributed by atoms with Crippen molar-refractivity contribution in [2.45, 2.75) is 33.4 Å². The zero-order chi connectivity index (χ0) is 15.1. The second kappa shape index (κ2) is 7.85. The number of hydrogen-bond acceptors (Lipinski definition) is 4. The summed E-state index contributed by atoms with van der Waals surface area (Å²) in [6, 6.07) is 4.41. The van der Waals surface area contributed by atoms with Crippen molar-refractivity contribution in [3.05, 3.63) is 23.9 Å². The molecule has 0 atom stereocenters. The van der Waals surface area contributed by atoms with Gasteiger partial charge in [0.15, 0.2) is 0 Å². The van der Waals surface area contributed by atoms with Crippen molar-refractivity contribution in [3.63, 3.8) is 0 Å². The third kappa shape index (κ3) is 4.81. The monoisotopic (exact) mass is 278 g/mol. The molecule has 0 aliphatic carbocycles. The Morgan fingerprint density at radius 1 is 1.40 bits per heavy atom. The van der Waals surface area contributed by atoms with E-state index in [1.54, 1.807) is 25.2 Å². The van der Waals surface area contributed by atoms with Gasteiger partial charge in [0.1, 0.15) is 5.82 Å².